The lowest BCUT2D eigenvalue weighted by molar-refractivity contribution is -0.137. The summed E-state index contributed by atoms with van der Waals surface area (Å²) in [6.45, 7) is 5.80. The molecule has 124 valence electrons. The molecular formula is C18H23NO4. The van der Waals surface area contributed by atoms with Crippen LogP contribution in [-0.4, -0.2) is 22.8 Å². The van der Waals surface area contributed by atoms with Crippen molar-refractivity contribution >= 4 is 12.1 Å². The minimum absolute atomic E-state index is 0.133. The monoisotopic (exact) mass is 317 g/mol. The van der Waals surface area contributed by atoms with Crippen LogP contribution in [0, 0.1) is 11.8 Å². The van der Waals surface area contributed by atoms with E-state index in [0.29, 0.717) is 19.4 Å². The highest BCUT2D eigenvalue weighted by Crippen LogP contribution is 2.08. The Kier molecular flexibility index (Phi) is 7.14. The predicted molar refractivity (Wildman–Crippen MR) is 87.9 cm³/mol. The highest BCUT2D eigenvalue weighted by molar-refractivity contribution is 5.67. The van der Waals surface area contributed by atoms with Gasteiger partial charge in [-0.15, -0.1) is 0 Å². The van der Waals surface area contributed by atoms with E-state index in [1.807, 2.05) is 45.0 Å². The molecule has 0 aromatic heterocycles. The smallest absolute Gasteiger partial charge is 0.407 e. The van der Waals surface area contributed by atoms with Crippen LogP contribution >= 0.6 is 0 Å². The molecule has 2 N–H and O–H groups in total. The van der Waals surface area contributed by atoms with Crippen molar-refractivity contribution in [2.75, 3.05) is 0 Å². The van der Waals surface area contributed by atoms with Gasteiger partial charge in [0.1, 0.15) is 5.60 Å². The van der Waals surface area contributed by atoms with Crippen LogP contribution in [0.4, 0.5) is 4.79 Å². The lowest BCUT2D eigenvalue weighted by atomic mass is 10.1. The summed E-state index contributed by atoms with van der Waals surface area (Å²) in [6.07, 6.45) is 0.770. The fourth-order valence-corrected chi connectivity index (χ4v) is 1.74. The van der Waals surface area contributed by atoms with E-state index in [9.17, 15) is 9.59 Å². The van der Waals surface area contributed by atoms with Crippen molar-refractivity contribution in [1.29, 1.82) is 0 Å². The summed E-state index contributed by atoms with van der Waals surface area (Å²) in [5, 5.41) is 11.2. The Hall–Kier alpha value is -2.48. The number of nitrogens with one attached hydrogen (secondary N) is 1. The Morgan fingerprint density at radius 3 is 2.70 bits per heavy atom. The van der Waals surface area contributed by atoms with E-state index >= 15 is 0 Å². The van der Waals surface area contributed by atoms with Crippen LogP contribution in [0.2, 0.25) is 0 Å². The summed E-state index contributed by atoms with van der Waals surface area (Å²) in [5.41, 5.74) is 1.24. The number of benzene rings is 1. The molecule has 5 heteroatoms. The summed E-state index contributed by atoms with van der Waals surface area (Å²) in [5.74, 6) is 5.15. The van der Waals surface area contributed by atoms with Crippen LogP contribution < -0.4 is 5.32 Å². The molecule has 1 rings (SSSR count). The summed E-state index contributed by atoms with van der Waals surface area (Å²) < 4.78 is 5.17. The average molecular weight is 317 g/mol. The molecule has 0 aliphatic heterocycles. The highest BCUT2D eigenvalue weighted by Gasteiger charge is 2.15. The van der Waals surface area contributed by atoms with Crippen LogP contribution in [0.3, 0.4) is 0 Å². The number of unbranched alkanes of at least 4 members (excludes halogenated alkanes) is 1. The van der Waals surface area contributed by atoms with Gasteiger partial charge in [0.05, 0.1) is 0 Å². The van der Waals surface area contributed by atoms with Gasteiger partial charge in [0, 0.05) is 24.9 Å². The zero-order valence-corrected chi connectivity index (χ0v) is 13.8. The number of carbonyl (C=O) groups excluding carboxylic acids is 1. The molecule has 0 saturated carbocycles. The van der Waals surface area contributed by atoms with Crippen LogP contribution in [0.1, 0.15) is 51.2 Å². The molecule has 0 fully saturated rings. The number of amides is 1. The van der Waals surface area contributed by atoms with E-state index in [-0.39, 0.29) is 6.42 Å². The second-order valence-electron chi connectivity index (χ2n) is 6.10. The largest absolute Gasteiger partial charge is 0.481 e. The molecule has 0 aliphatic rings. The van der Waals surface area contributed by atoms with Gasteiger partial charge >= 0.3 is 12.1 Å². The predicted octanol–water partition coefficient (Wildman–Crippen LogP) is 3.32. The first-order valence-electron chi connectivity index (χ1n) is 7.53. The normalized spacial score (nSPS) is 10.4. The van der Waals surface area contributed by atoms with Gasteiger partial charge < -0.3 is 15.2 Å². The molecule has 0 spiro atoms. The van der Waals surface area contributed by atoms with Gasteiger partial charge in [-0.05, 0) is 44.9 Å². The van der Waals surface area contributed by atoms with Crippen LogP contribution in [0.5, 0.6) is 0 Å². The SMILES string of the molecule is CC(C)(C)OC(=O)NCc1cccc(C#CCCCC(=O)O)c1. The van der Waals surface area contributed by atoms with E-state index < -0.39 is 17.7 Å². The van der Waals surface area contributed by atoms with Gasteiger partial charge in [-0.1, -0.05) is 24.0 Å². The third kappa shape index (κ3) is 9.20. The van der Waals surface area contributed by atoms with Crippen molar-refractivity contribution in [2.24, 2.45) is 0 Å². The number of carboxylic acids is 1. The van der Waals surface area contributed by atoms with Crippen molar-refractivity contribution in [1.82, 2.24) is 5.32 Å². The first kappa shape index (κ1) is 18.6. The third-order valence-electron chi connectivity index (χ3n) is 2.69. The fraction of sp³-hybridized carbons (Fsp3) is 0.444. The number of carboxylic acid groups (broad SMARTS) is 1. The van der Waals surface area contributed by atoms with Crippen molar-refractivity contribution in [2.45, 2.75) is 52.2 Å². The first-order valence-corrected chi connectivity index (χ1v) is 7.53. The molecule has 0 heterocycles. The lowest BCUT2D eigenvalue weighted by Gasteiger charge is -2.19. The number of ether oxygens (including phenoxy) is 1. The number of rotatable bonds is 5. The zero-order chi connectivity index (χ0) is 17.3. The summed E-state index contributed by atoms with van der Waals surface area (Å²) in [7, 11) is 0. The minimum Gasteiger partial charge on any atom is -0.481 e. The molecule has 23 heavy (non-hydrogen) atoms. The van der Waals surface area contributed by atoms with Crippen LogP contribution in [-0.2, 0) is 16.1 Å². The van der Waals surface area contributed by atoms with Gasteiger partial charge in [-0.3, -0.25) is 4.79 Å². The Labute approximate surface area is 137 Å². The van der Waals surface area contributed by atoms with Gasteiger partial charge in [-0.2, -0.15) is 0 Å². The molecule has 1 aromatic carbocycles. The maximum absolute atomic E-state index is 11.6. The van der Waals surface area contributed by atoms with E-state index in [1.54, 1.807) is 0 Å². The molecule has 1 aromatic rings. The molecule has 0 atom stereocenters. The lowest BCUT2D eigenvalue weighted by Crippen LogP contribution is -2.32. The second kappa shape index (κ2) is 8.84. The van der Waals surface area contributed by atoms with Crippen LogP contribution in [0.15, 0.2) is 24.3 Å². The topological polar surface area (TPSA) is 75.6 Å². The third-order valence-corrected chi connectivity index (χ3v) is 2.69. The number of aliphatic carboxylic acids is 1. The summed E-state index contributed by atoms with van der Waals surface area (Å²) >= 11 is 0. The molecule has 0 unspecified atom stereocenters. The maximum atomic E-state index is 11.6. The average Bonchev–Trinajstić information content (AvgIpc) is 2.43. The van der Waals surface area contributed by atoms with E-state index in [0.717, 1.165) is 11.1 Å². The molecule has 5 nitrogen and oxygen atoms in total. The van der Waals surface area contributed by atoms with E-state index in [4.69, 9.17) is 9.84 Å². The second-order valence-corrected chi connectivity index (χ2v) is 6.10. The van der Waals surface area contributed by atoms with Gasteiger partial charge in [0.2, 0.25) is 0 Å². The molecular weight excluding hydrogens is 294 g/mol. The number of hydrogen-bond donors (Lipinski definition) is 2. The Morgan fingerprint density at radius 1 is 1.30 bits per heavy atom. The van der Waals surface area contributed by atoms with Crippen molar-refractivity contribution in [3.05, 3.63) is 35.4 Å². The van der Waals surface area contributed by atoms with Gasteiger partial charge in [0.15, 0.2) is 0 Å². The van der Waals surface area contributed by atoms with Gasteiger partial charge in [0.25, 0.3) is 0 Å². The number of alkyl carbamates (subject to hydrolysis) is 1. The molecule has 0 bridgehead atoms. The number of hydrogen-bond acceptors (Lipinski definition) is 3. The van der Waals surface area contributed by atoms with E-state index in [1.165, 1.54) is 0 Å². The van der Waals surface area contributed by atoms with E-state index in [2.05, 4.69) is 17.2 Å². The first-order chi connectivity index (χ1) is 10.8. The number of carbonyl (C=O) groups is 2. The molecule has 0 radical (unpaired) electrons. The summed E-state index contributed by atoms with van der Waals surface area (Å²) in [6, 6.07) is 7.53. The fourth-order valence-electron chi connectivity index (χ4n) is 1.74. The molecule has 0 aliphatic carbocycles. The quantitative estimate of drug-likeness (QED) is 0.645. The minimum atomic E-state index is -0.804. The Morgan fingerprint density at radius 2 is 2.04 bits per heavy atom. The Bertz CT molecular complexity index is 605. The van der Waals surface area contributed by atoms with Crippen LogP contribution in [0.25, 0.3) is 0 Å². The standard InChI is InChI=1S/C18H23NO4/c1-18(2,3)23-17(22)19-13-15-10-7-9-14(12-15)8-5-4-6-11-16(20)21/h7,9-10,12H,4,6,11,13H2,1-3H3,(H,19,22)(H,20,21). The zero-order valence-electron chi connectivity index (χ0n) is 13.8. The van der Waals surface area contributed by atoms with Crippen molar-refractivity contribution in [3.63, 3.8) is 0 Å². The maximum Gasteiger partial charge on any atom is 0.407 e. The molecule has 0 saturated heterocycles. The van der Waals surface area contributed by atoms with Gasteiger partial charge in [-0.25, -0.2) is 4.79 Å². The van der Waals surface area contributed by atoms with Crippen molar-refractivity contribution in [3.8, 4) is 11.8 Å². The Balaban J connectivity index is 2.49. The van der Waals surface area contributed by atoms with Crippen molar-refractivity contribution < 1.29 is 19.4 Å². The summed E-state index contributed by atoms with van der Waals surface area (Å²) in [4.78, 5) is 22.0. The highest BCUT2D eigenvalue weighted by atomic mass is 16.6. The molecule has 1 amide bonds.